The number of carbonyl (C=O) groups is 1. The van der Waals surface area contributed by atoms with E-state index < -0.39 is 0 Å². The normalized spacial score (nSPS) is 50.0. The molecule has 0 aromatic carbocycles. The fourth-order valence-electron chi connectivity index (χ4n) is 10.3. The lowest BCUT2D eigenvalue weighted by Crippen LogP contribution is -2.58. The molecule has 0 N–H and O–H groups in total. The highest BCUT2D eigenvalue weighted by Crippen LogP contribution is 2.70. The van der Waals surface area contributed by atoms with Crippen LogP contribution in [0.3, 0.4) is 0 Å². The molecule has 198 valence electrons. The second-order valence-corrected chi connectivity index (χ2v) is 13.8. The first-order chi connectivity index (χ1) is 17.1. The summed E-state index contributed by atoms with van der Waals surface area (Å²) >= 11 is 0. The van der Waals surface area contributed by atoms with Crippen molar-refractivity contribution in [3.63, 3.8) is 0 Å². The molecule has 0 aromatic rings. The molecule has 5 fully saturated rings. The molecule has 4 aliphatic carbocycles. The van der Waals surface area contributed by atoms with Crippen molar-refractivity contribution < 1.29 is 14.3 Å². The zero-order valence-electron chi connectivity index (χ0n) is 23.0. The van der Waals surface area contributed by atoms with Crippen LogP contribution in [-0.2, 0) is 14.3 Å². The quantitative estimate of drug-likeness (QED) is 0.311. The van der Waals surface area contributed by atoms with Gasteiger partial charge < -0.3 is 19.2 Å². The van der Waals surface area contributed by atoms with Gasteiger partial charge in [-0.2, -0.15) is 0 Å². The summed E-state index contributed by atoms with van der Waals surface area (Å²) in [6, 6.07) is 0.294. The lowest BCUT2D eigenvalue weighted by atomic mass is 9.43. The Balaban J connectivity index is 1.30. The summed E-state index contributed by atoms with van der Waals surface area (Å²) in [4.78, 5) is 19.4. The van der Waals surface area contributed by atoms with Gasteiger partial charge in [0.1, 0.15) is 0 Å². The topological polar surface area (TPSA) is 44.2 Å². The van der Waals surface area contributed by atoms with E-state index in [4.69, 9.17) is 22.6 Å². The van der Waals surface area contributed by atoms with Crippen LogP contribution in [0.5, 0.6) is 0 Å². The van der Waals surface area contributed by atoms with Crippen molar-refractivity contribution in [1.82, 2.24) is 0 Å². The molecule has 1 aliphatic heterocycles. The molecule has 0 bridgehead atoms. The minimum absolute atomic E-state index is 0.120. The summed E-state index contributed by atoms with van der Waals surface area (Å²) in [7, 11) is 0. The van der Waals surface area contributed by atoms with E-state index in [9.17, 15) is 4.79 Å². The third kappa shape index (κ3) is 4.09. The van der Waals surface area contributed by atoms with E-state index in [-0.39, 0.29) is 23.5 Å². The van der Waals surface area contributed by atoms with Crippen LogP contribution in [-0.4, -0.2) is 36.9 Å². The molecule has 1 heterocycles. The maximum absolute atomic E-state index is 11.2. The van der Waals surface area contributed by atoms with Gasteiger partial charge in [0.05, 0.1) is 18.8 Å². The second kappa shape index (κ2) is 9.62. The second-order valence-electron chi connectivity index (χ2n) is 13.8. The molecular formula is C31H46N2O3. The number of carbonyl (C=O) groups excluding carboxylic acids is 1. The smallest absolute Gasteiger partial charge is 0.302 e. The van der Waals surface area contributed by atoms with Gasteiger partial charge in [0.2, 0.25) is 12.1 Å². The van der Waals surface area contributed by atoms with Gasteiger partial charge in [0.25, 0.3) is 0 Å². The van der Waals surface area contributed by atoms with Crippen molar-refractivity contribution >= 4 is 5.97 Å². The predicted molar refractivity (Wildman–Crippen MR) is 140 cm³/mol. The number of ether oxygens (including phenoxy) is 2. The van der Waals surface area contributed by atoms with E-state index in [1.165, 1.54) is 26.2 Å². The Kier molecular flexibility index (Phi) is 6.95. The average molecular weight is 495 g/mol. The van der Waals surface area contributed by atoms with Gasteiger partial charge >= 0.3 is 5.97 Å². The summed E-state index contributed by atoms with van der Waals surface area (Å²) < 4.78 is 12.0. The van der Waals surface area contributed by atoms with E-state index in [0.717, 1.165) is 38.5 Å². The summed E-state index contributed by atoms with van der Waals surface area (Å²) in [5.41, 5.74) is 0.572. The van der Waals surface area contributed by atoms with Crippen LogP contribution in [0, 0.1) is 65.4 Å². The van der Waals surface area contributed by atoms with E-state index in [1.54, 1.807) is 0 Å². The Morgan fingerprint density at radius 2 is 1.83 bits per heavy atom. The summed E-state index contributed by atoms with van der Waals surface area (Å²) in [5, 5.41) is 0. The Hall–Kier alpha value is -1.59. The lowest BCUT2D eigenvalue weighted by molar-refractivity contribution is -0.142. The number of hydrogen-bond acceptors (Lipinski definition) is 3. The molecule has 0 aromatic heterocycles. The minimum Gasteiger partial charge on any atom is -0.466 e. The number of nitrogens with zero attached hydrogens (tertiary/aromatic N) is 2. The van der Waals surface area contributed by atoms with Crippen molar-refractivity contribution in [2.24, 2.45) is 52.3 Å². The maximum Gasteiger partial charge on any atom is 0.302 e. The number of hydrogen-bond donors (Lipinski definition) is 0. The van der Waals surface area contributed by atoms with Crippen LogP contribution in [0.1, 0.15) is 92.4 Å². The molecule has 4 saturated carbocycles. The number of esters is 1. The van der Waals surface area contributed by atoms with Crippen molar-refractivity contribution in [2.45, 2.75) is 117 Å². The van der Waals surface area contributed by atoms with Crippen molar-refractivity contribution in [1.29, 1.82) is 0 Å². The fraction of sp³-hybridized carbons (Fsp3) is 0.903. The van der Waals surface area contributed by atoms with Crippen LogP contribution in [0.2, 0.25) is 0 Å². The summed E-state index contributed by atoms with van der Waals surface area (Å²) in [6.07, 6.45) is 10.6. The average Bonchev–Trinajstić information content (AvgIpc) is 3.33. The lowest BCUT2D eigenvalue weighted by Gasteiger charge is -2.60. The van der Waals surface area contributed by atoms with Crippen molar-refractivity contribution in [2.75, 3.05) is 6.61 Å². The zero-order valence-corrected chi connectivity index (χ0v) is 23.0. The molecule has 0 unspecified atom stereocenters. The van der Waals surface area contributed by atoms with Crippen molar-refractivity contribution in [3.05, 3.63) is 22.8 Å². The Bertz CT molecular complexity index is 937. The molecule has 1 saturated heterocycles. The molecule has 5 rings (SSSR count). The van der Waals surface area contributed by atoms with Crippen LogP contribution < -0.4 is 0 Å². The molecule has 0 spiro atoms. The third-order valence-corrected chi connectivity index (χ3v) is 12.1. The summed E-state index contributed by atoms with van der Waals surface area (Å²) in [5.74, 6) is 3.55. The molecule has 5 heteroatoms. The van der Waals surface area contributed by atoms with Gasteiger partial charge in [-0.25, -0.2) is 13.1 Å². The fourth-order valence-corrected chi connectivity index (χ4v) is 10.3. The summed E-state index contributed by atoms with van der Waals surface area (Å²) in [6.45, 7) is 27.4. The minimum atomic E-state index is -0.198. The van der Waals surface area contributed by atoms with Crippen LogP contribution in [0.25, 0.3) is 9.69 Å². The van der Waals surface area contributed by atoms with Gasteiger partial charge in [-0.05, 0) is 84.9 Å². The van der Waals surface area contributed by atoms with Gasteiger partial charge in [0.15, 0.2) is 0 Å². The standard InChI is InChI=1S/C31H46N2O3/c1-18(17-35-20(3)34)8-9-26-19(2)29-27(36-26)16-24-28-23(11-13-31(24,29)5)30(4)12-10-22(32-6)14-21(30)15-25(28)33-7/h18-19,21-29H,8-17H2,1-5H3/t18-,19-,21-,22-,23+,24+,25-,26-,27+,28-,29+,30+,31+/m1/s1. The molecule has 0 amide bonds. The highest BCUT2D eigenvalue weighted by Gasteiger charge is 2.69. The van der Waals surface area contributed by atoms with Gasteiger partial charge in [-0.15, -0.1) is 0 Å². The van der Waals surface area contributed by atoms with Crippen LogP contribution in [0.15, 0.2) is 0 Å². The first-order valence-corrected chi connectivity index (χ1v) is 14.6. The highest BCUT2D eigenvalue weighted by molar-refractivity contribution is 5.65. The van der Waals surface area contributed by atoms with Crippen molar-refractivity contribution in [3.8, 4) is 0 Å². The van der Waals surface area contributed by atoms with Crippen LogP contribution in [0.4, 0.5) is 0 Å². The Morgan fingerprint density at radius 1 is 1.08 bits per heavy atom. The molecule has 13 atom stereocenters. The van der Waals surface area contributed by atoms with E-state index >= 15 is 0 Å². The zero-order chi connectivity index (χ0) is 25.8. The van der Waals surface area contributed by atoms with E-state index in [1.807, 2.05) is 0 Å². The molecular weight excluding hydrogens is 448 g/mol. The first kappa shape index (κ1) is 26.0. The predicted octanol–water partition coefficient (Wildman–Crippen LogP) is 6.82. The Morgan fingerprint density at radius 3 is 2.53 bits per heavy atom. The monoisotopic (exact) mass is 494 g/mol. The largest absolute Gasteiger partial charge is 0.466 e. The third-order valence-electron chi connectivity index (χ3n) is 12.1. The van der Waals surface area contributed by atoms with Crippen LogP contribution >= 0.6 is 0 Å². The number of rotatable bonds is 5. The van der Waals surface area contributed by atoms with Gasteiger partial charge in [0, 0.05) is 32.1 Å². The first-order valence-electron chi connectivity index (χ1n) is 14.6. The van der Waals surface area contributed by atoms with Gasteiger partial charge in [-0.3, -0.25) is 4.79 Å². The highest BCUT2D eigenvalue weighted by atomic mass is 16.5. The maximum atomic E-state index is 11.2. The van der Waals surface area contributed by atoms with E-state index in [2.05, 4.69) is 37.4 Å². The Labute approximate surface area is 218 Å². The number of fused-ring (bicyclic) bond motifs is 7. The molecule has 5 aliphatic rings. The molecule has 0 radical (unpaired) electrons. The van der Waals surface area contributed by atoms with Gasteiger partial charge in [-0.1, -0.05) is 27.7 Å². The molecule has 5 nitrogen and oxygen atoms in total. The van der Waals surface area contributed by atoms with E-state index in [0.29, 0.717) is 65.7 Å². The molecule has 36 heavy (non-hydrogen) atoms. The SMILES string of the molecule is [C-]#[N+][C@@H]1CC[C@@]2(C)[C@H](C1)C[C@@H]([N+]#[C-])[C@@H]1[C@@H]2CC[C@]2(C)[C@H]3[C@H](C)[C@@H](CC[C@@H](C)COC(C)=O)O[C@H]3C[C@@H]12.